The van der Waals surface area contributed by atoms with Crippen molar-refractivity contribution in [1.82, 2.24) is 30.4 Å². The molecular formula is C27H34N6O3S. The summed E-state index contributed by atoms with van der Waals surface area (Å²) < 4.78 is 0. The van der Waals surface area contributed by atoms with E-state index in [1.807, 2.05) is 31.2 Å². The van der Waals surface area contributed by atoms with Gasteiger partial charge in [0.05, 0.1) is 11.7 Å². The molecule has 0 radical (unpaired) electrons. The van der Waals surface area contributed by atoms with Gasteiger partial charge in [-0.1, -0.05) is 11.6 Å². The van der Waals surface area contributed by atoms with Crippen LogP contribution in [0.3, 0.4) is 0 Å². The lowest BCUT2D eigenvalue weighted by Crippen LogP contribution is -2.56. The second-order valence-electron chi connectivity index (χ2n) is 10.6. The number of amides is 3. The molecule has 196 valence electrons. The maximum absolute atomic E-state index is 13.3. The monoisotopic (exact) mass is 522 g/mol. The number of benzene rings is 1. The maximum Gasteiger partial charge on any atom is 0.280 e. The molecular weight excluding hydrogens is 488 g/mol. The number of nitrogens with zero attached hydrogens (tertiary/aromatic N) is 3. The van der Waals surface area contributed by atoms with Crippen molar-refractivity contribution in [3.63, 3.8) is 0 Å². The number of likely N-dealkylation sites (N-methyl/N-ethyl adjacent to an activating group) is 1. The van der Waals surface area contributed by atoms with Crippen molar-refractivity contribution in [2.24, 2.45) is 5.92 Å². The van der Waals surface area contributed by atoms with Crippen LogP contribution < -0.4 is 10.6 Å². The molecule has 5 rings (SSSR count). The highest BCUT2D eigenvalue weighted by molar-refractivity contribution is 7.13. The molecule has 1 aliphatic carbocycles. The van der Waals surface area contributed by atoms with Crippen LogP contribution in [0.4, 0.5) is 0 Å². The first-order chi connectivity index (χ1) is 17.7. The maximum atomic E-state index is 13.3. The number of aromatic amines is 1. The average molecular weight is 523 g/mol. The Morgan fingerprint density at radius 3 is 2.68 bits per heavy atom. The highest BCUT2D eigenvalue weighted by Crippen LogP contribution is 2.29. The topological polar surface area (TPSA) is 110 Å². The average Bonchev–Trinajstić information content (AvgIpc) is 3.48. The number of H-pyrrole nitrogens is 1. The molecule has 3 atom stereocenters. The summed E-state index contributed by atoms with van der Waals surface area (Å²) in [5.74, 6) is -0.626. The van der Waals surface area contributed by atoms with Crippen molar-refractivity contribution in [2.45, 2.75) is 51.2 Å². The van der Waals surface area contributed by atoms with E-state index in [4.69, 9.17) is 0 Å². The van der Waals surface area contributed by atoms with Gasteiger partial charge in [-0.25, -0.2) is 4.98 Å². The van der Waals surface area contributed by atoms with Crippen molar-refractivity contribution in [3.05, 3.63) is 51.1 Å². The molecule has 10 heteroatoms. The molecule has 3 amide bonds. The molecule has 2 aromatic heterocycles. The smallest absolute Gasteiger partial charge is 0.280 e. The van der Waals surface area contributed by atoms with Crippen LogP contribution in [-0.4, -0.2) is 77.3 Å². The van der Waals surface area contributed by atoms with Crippen molar-refractivity contribution in [1.29, 1.82) is 0 Å². The number of thiazole rings is 1. The number of aromatic nitrogens is 2. The Kier molecular flexibility index (Phi) is 7.04. The molecule has 0 bridgehead atoms. The van der Waals surface area contributed by atoms with Crippen molar-refractivity contribution in [2.75, 3.05) is 27.7 Å². The number of hydrogen-bond acceptors (Lipinski definition) is 6. The van der Waals surface area contributed by atoms with Gasteiger partial charge in [-0.3, -0.25) is 14.4 Å². The fourth-order valence-corrected chi connectivity index (χ4v) is 6.45. The zero-order chi connectivity index (χ0) is 26.3. The van der Waals surface area contributed by atoms with Gasteiger partial charge in [-0.2, -0.15) is 0 Å². The number of nitrogens with one attached hydrogen (secondary N) is 3. The van der Waals surface area contributed by atoms with Crippen LogP contribution in [0, 0.1) is 12.8 Å². The summed E-state index contributed by atoms with van der Waals surface area (Å²) in [6.45, 7) is 3.74. The van der Waals surface area contributed by atoms with Crippen LogP contribution >= 0.6 is 11.3 Å². The Balaban J connectivity index is 1.34. The Labute approximate surface area is 220 Å². The largest absolute Gasteiger partial charge is 0.351 e. The Morgan fingerprint density at radius 2 is 1.89 bits per heavy atom. The third-order valence-electron chi connectivity index (χ3n) is 7.41. The van der Waals surface area contributed by atoms with E-state index in [1.54, 1.807) is 19.0 Å². The van der Waals surface area contributed by atoms with E-state index in [0.717, 1.165) is 46.5 Å². The lowest BCUT2D eigenvalue weighted by atomic mass is 9.81. The lowest BCUT2D eigenvalue weighted by Gasteiger charge is -2.37. The molecule has 0 unspecified atom stereocenters. The van der Waals surface area contributed by atoms with Gasteiger partial charge in [0, 0.05) is 61.3 Å². The van der Waals surface area contributed by atoms with Gasteiger partial charge in [0.1, 0.15) is 5.69 Å². The number of carbonyl (C=O) groups excluding carboxylic acids is 3. The van der Waals surface area contributed by atoms with Crippen molar-refractivity contribution < 1.29 is 14.4 Å². The summed E-state index contributed by atoms with van der Waals surface area (Å²) in [4.78, 5) is 52.0. The summed E-state index contributed by atoms with van der Waals surface area (Å²) in [5, 5.41) is 7.67. The molecule has 37 heavy (non-hydrogen) atoms. The van der Waals surface area contributed by atoms with E-state index < -0.39 is 0 Å². The molecule has 3 N–H and O–H groups in total. The van der Waals surface area contributed by atoms with Gasteiger partial charge in [0.15, 0.2) is 5.01 Å². The van der Waals surface area contributed by atoms with Crippen LogP contribution in [-0.2, 0) is 17.8 Å². The van der Waals surface area contributed by atoms with Crippen LogP contribution in [0.5, 0.6) is 0 Å². The lowest BCUT2D eigenvalue weighted by molar-refractivity contribution is -0.134. The normalized spacial score (nSPS) is 21.9. The van der Waals surface area contributed by atoms with E-state index in [9.17, 15) is 14.4 Å². The summed E-state index contributed by atoms with van der Waals surface area (Å²) in [5.41, 5.74) is 3.50. The number of fused-ring (bicyclic) bond motifs is 2. The number of carbonyl (C=O) groups is 3. The SMILES string of the molecule is Cc1ccc2[nH]c(C(=O)N[C@H]3CC[C@H](C(=O)N(C)C)C[C@H]3NC(=O)c3nc4c(s3)CN(C)CC4)cc2c1. The van der Waals surface area contributed by atoms with Crippen LogP contribution in [0.2, 0.25) is 0 Å². The number of hydrogen-bond donors (Lipinski definition) is 3. The van der Waals surface area contributed by atoms with Crippen molar-refractivity contribution >= 4 is 40.0 Å². The van der Waals surface area contributed by atoms with Gasteiger partial charge in [0.25, 0.3) is 11.8 Å². The van der Waals surface area contributed by atoms with Crippen LogP contribution in [0.25, 0.3) is 10.9 Å². The minimum Gasteiger partial charge on any atom is -0.351 e. The van der Waals surface area contributed by atoms with Gasteiger partial charge in [-0.15, -0.1) is 11.3 Å². The molecule has 1 aliphatic heterocycles. The fourth-order valence-electron chi connectivity index (χ4n) is 5.36. The van der Waals surface area contributed by atoms with E-state index >= 15 is 0 Å². The standard InChI is InChI=1S/C27H34N6O3S/c1-15-5-7-18-17(11-15)13-22(28-18)24(34)29-19-8-6-16(27(36)32(2)3)12-21(19)30-25(35)26-31-20-9-10-33(4)14-23(20)37-26/h5,7,11,13,16,19,21,28H,6,8-10,12,14H2,1-4H3,(H,29,34)(H,30,35)/t16-,19-,21+/m0/s1. The second-order valence-corrected chi connectivity index (χ2v) is 11.6. The van der Waals surface area contributed by atoms with E-state index in [1.165, 1.54) is 11.3 Å². The molecule has 3 heterocycles. The molecule has 1 fully saturated rings. The molecule has 1 aromatic carbocycles. The molecule has 3 aromatic rings. The highest BCUT2D eigenvalue weighted by atomic mass is 32.1. The quantitative estimate of drug-likeness (QED) is 0.477. The number of rotatable bonds is 5. The second kappa shape index (κ2) is 10.3. The van der Waals surface area contributed by atoms with E-state index in [-0.39, 0.29) is 35.7 Å². The summed E-state index contributed by atoms with van der Waals surface area (Å²) >= 11 is 1.43. The zero-order valence-electron chi connectivity index (χ0n) is 21.8. The van der Waals surface area contributed by atoms with Gasteiger partial charge in [0.2, 0.25) is 5.91 Å². The third kappa shape index (κ3) is 5.40. The Bertz CT molecular complexity index is 1350. The first-order valence-electron chi connectivity index (χ1n) is 12.8. The predicted octanol–water partition coefficient (Wildman–Crippen LogP) is 2.71. The zero-order valence-corrected chi connectivity index (χ0v) is 22.6. The van der Waals surface area contributed by atoms with E-state index in [2.05, 4.69) is 32.5 Å². The summed E-state index contributed by atoms with van der Waals surface area (Å²) in [7, 11) is 5.56. The summed E-state index contributed by atoms with van der Waals surface area (Å²) in [6.07, 6.45) is 2.55. The Morgan fingerprint density at radius 1 is 1.11 bits per heavy atom. The molecule has 0 spiro atoms. The fraction of sp³-hybridized carbons (Fsp3) is 0.481. The molecule has 2 aliphatic rings. The van der Waals surface area contributed by atoms with Crippen LogP contribution in [0.15, 0.2) is 24.3 Å². The summed E-state index contributed by atoms with van der Waals surface area (Å²) in [6, 6.07) is 7.18. The number of aryl methyl sites for hydroxylation is 1. The first kappa shape index (κ1) is 25.4. The van der Waals surface area contributed by atoms with Crippen molar-refractivity contribution in [3.8, 4) is 0 Å². The first-order valence-corrected chi connectivity index (χ1v) is 13.6. The van der Waals surface area contributed by atoms with Gasteiger partial charge >= 0.3 is 0 Å². The highest BCUT2D eigenvalue weighted by Gasteiger charge is 2.37. The minimum atomic E-state index is -0.380. The minimum absolute atomic E-state index is 0.0442. The molecule has 9 nitrogen and oxygen atoms in total. The molecule has 1 saturated carbocycles. The molecule has 0 saturated heterocycles. The predicted molar refractivity (Wildman–Crippen MR) is 144 cm³/mol. The van der Waals surface area contributed by atoms with Crippen LogP contribution in [0.1, 0.15) is 55.7 Å². The van der Waals surface area contributed by atoms with E-state index in [0.29, 0.717) is 30.0 Å². The Hall–Kier alpha value is -3.24. The van der Waals surface area contributed by atoms with Gasteiger partial charge in [-0.05, 0) is 51.4 Å². The third-order valence-corrected chi connectivity index (χ3v) is 8.49. The van der Waals surface area contributed by atoms with Gasteiger partial charge < -0.3 is 25.4 Å².